The summed E-state index contributed by atoms with van der Waals surface area (Å²) < 4.78 is 0. The van der Waals surface area contributed by atoms with E-state index in [1.807, 2.05) is 12.2 Å². The van der Waals surface area contributed by atoms with Gasteiger partial charge in [0.2, 0.25) is 0 Å². The lowest BCUT2D eigenvalue weighted by Crippen LogP contribution is -2.02. The monoisotopic (exact) mass is 151 g/mol. The second-order valence-corrected chi connectivity index (χ2v) is 2.26. The van der Waals surface area contributed by atoms with E-state index in [1.165, 1.54) is 0 Å². The molecule has 0 bridgehead atoms. The number of rotatable bonds is 2. The average molecular weight is 151 g/mol. The van der Waals surface area contributed by atoms with Crippen LogP contribution in [-0.2, 0) is 4.79 Å². The molecule has 11 heavy (non-hydrogen) atoms. The molecule has 0 radical (unpaired) electrons. The maximum absolute atomic E-state index is 10.1. The first-order chi connectivity index (χ1) is 5.29. The fourth-order valence-electron chi connectivity index (χ4n) is 0.828. The predicted molar refractivity (Wildman–Crippen MR) is 42.8 cm³/mol. The first-order valence-corrected chi connectivity index (χ1v) is 3.37. The summed E-state index contributed by atoms with van der Waals surface area (Å²) in [6.45, 7) is 0.653. The van der Waals surface area contributed by atoms with Crippen LogP contribution in [0.4, 0.5) is 0 Å². The Hall–Kier alpha value is -1.38. The fraction of sp³-hybridized carbons (Fsp3) is 0.250. The third kappa shape index (κ3) is 2.80. The van der Waals surface area contributed by atoms with E-state index in [2.05, 4.69) is 4.99 Å². The van der Waals surface area contributed by atoms with Crippen LogP contribution in [0.2, 0.25) is 0 Å². The van der Waals surface area contributed by atoms with Crippen LogP contribution in [0.1, 0.15) is 0 Å². The van der Waals surface area contributed by atoms with Crippen LogP contribution in [0.5, 0.6) is 0 Å². The van der Waals surface area contributed by atoms with E-state index in [0.717, 1.165) is 6.08 Å². The van der Waals surface area contributed by atoms with Gasteiger partial charge < -0.3 is 5.11 Å². The molecule has 0 fully saturated rings. The lowest BCUT2D eigenvalue weighted by atomic mass is 10.1. The fourth-order valence-corrected chi connectivity index (χ4v) is 0.828. The van der Waals surface area contributed by atoms with Crippen LogP contribution in [-0.4, -0.2) is 23.8 Å². The van der Waals surface area contributed by atoms with Gasteiger partial charge in [-0.1, -0.05) is 12.2 Å². The van der Waals surface area contributed by atoms with Crippen LogP contribution in [0.3, 0.4) is 0 Å². The van der Waals surface area contributed by atoms with Crippen LogP contribution >= 0.6 is 0 Å². The van der Waals surface area contributed by atoms with Gasteiger partial charge >= 0.3 is 5.97 Å². The Morgan fingerprint density at radius 3 is 3.09 bits per heavy atom. The standard InChI is InChI=1S/C8H9NO2/c10-8(11)4-3-7-2-1-5-9-6-7/h1-5,7H,6H2,(H,10,11)/b4-3+. The van der Waals surface area contributed by atoms with Crippen LogP contribution < -0.4 is 0 Å². The van der Waals surface area contributed by atoms with E-state index in [0.29, 0.717) is 6.54 Å². The first-order valence-electron chi connectivity index (χ1n) is 3.37. The second-order valence-electron chi connectivity index (χ2n) is 2.26. The molecule has 1 rings (SSSR count). The number of carboxylic acids is 1. The highest BCUT2D eigenvalue weighted by atomic mass is 16.4. The molecule has 0 saturated heterocycles. The average Bonchev–Trinajstić information content (AvgIpc) is 2.03. The van der Waals surface area contributed by atoms with Crippen molar-refractivity contribution >= 4 is 12.2 Å². The summed E-state index contributed by atoms with van der Waals surface area (Å²) in [4.78, 5) is 14.1. The normalized spacial score (nSPS) is 22.7. The molecule has 3 heteroatoms. The molecule has 1 unspecified atom stereocenters. The Labute approximate surface area is 64.8 Å². The van der Waals surface area contributed by atoms with Gasteiger partial charge in [0.1, 0.15) is 0 Å². The van der Waals surface area contributed by atoms with Gasteiger partial charge in [-0.3, -0.25) is 4.99 Å². The number of nitrogens with zero attached hydrogens (tertiary/aromatic N) is 1. The van der Waals surface area contributed by atoms with Crippen LogP contribution in [0, 0.1) is 5.92 Å². The number of allylic oxidation sites excluding steroid dienone is 1. The zero-order valence-electron chi connectivity index (χ0n) is 5.97. The van der Waals surface area contributed by atoms with Crippen LogP contribution in [0.25, 0.3) is 0 Å². The lowest BCUT2D eigenvalue weighted by Gasteiger charge is -2.04. The topological polar surface area (TPSA) is 49.7 Å². The Balaban J connectivity index is 2.44. The molecular weight excluding hydrogens is 142 g/mol. The van der Waals surface area contributed by atoms with Gasteiger partial charge in [0.25, 0.3) is 0 Å². The van der Waals surface area contributed by atoms with Crippen molar-refractivity contribution in [2.75, 3.05) is 6.54 Å². The number of carbonyl (C=O) groups is 1. The Morgan fingerprint density at radius 2 is 2.55 bits per heavy atom. The Morgan fingerprint density at radius 1 is 1.73 bits per heavy atom. The largest absolute Gasteiger partial charge is 0.478 e. The summed E-state index contributed by atoms with van der Waals surface area (Å²) >= 11 is 0. The van der Waals surface area contributed by atoms with E-state index in [9.17, 15) is 4.79 Å². The quantitative estimate of drug-likeness (QED) is 0.595. The molecule has 0 spiro atoms. The first kappa shape index (κ1) is 7.72. The summed E-state index contributed by atoms with van der Waals surface area (Å²) in [6.07, 6.45) is 8.24. The molecule has 1 aliphatic heterocycles. The minimum Gasteiger partial charge on any atom is -0.478 e. The summed E-state index contributed by atoms with van der Waals surface area (Å²) in [7, 11) is 0. The van der Waals surface area contributed by atoms with Gasteiger partial charge in [0, 0.05) is 24.8 Å². The van der Waals surface area contributed by atoms with Crippen molar-refractivity contribution in [3.05, 3.63) is 24.3 Å². The van der Waals surface area contributed by atoms with E-state index in [-0.39, 0.29) is 5.92 Å². The second kappa shape index (κ2) is 3.71. The third-order valence-electron chi connectivity index (χ3n) is 1.35. The van der Waals surface area contributed by atoms with Gasteiger partial charge in [-0.2, -0.15) is 0 Å². The zero-order chi connectivity index (χ0) is 8.10. The van der Waals surface area contributed by atoms with Gasteiger partial charge in [-0.15, -0.1) is 0 Å². The molecule has 3 nitrogen and oxygen atoms in total. The lowest BCUT2D eigenvalue weighted by molar-refractivity contribution is -0.131. The van der Waals surface area contributed by atoms with Crippen molar-refractivity contribution in [1.29, 1.82) is 0 Å². The number of carboxylic acid groups (broad SMARTS) is 1. The van der Waals surface area contributed by atoms with E-state index < -0.39 is 5.97 Å². The van der Waals surface area contributed by atoms with Crippen molar-refractivity contribution in [3.63, 3.8) is 0 Å². The molecule has 0 aromatic carbocycles. The molecule has 1 heterocycles. The molecule has 0 amide bonds. The van der Waals surface area contributed by atoms with Crippen molar-refractivity contribution in [3.8, 4) is 0 Å². The highest BCUT2D eigenvalue weighted by molar-refractivity contribution is 5.80. The molecule has 0 aromatic heterocycles. The predicted octanol–water partition coefficient (Wildman–Crippen LogP) is 0.884. The van der Waals surface area contributed by atoms with Gasteiger partial charge in [0.15, 0.2) is 0 Å². The highest BCUT2D eigenvalue weighted by Crippen LogP contribution is 2.04. The number of hydrogen-bond acceptors (Lipinski definition) is 2. The minimum atomic E-state index is -0.909. The van der Waals surface area contributed by atoms with E-state index >= 15 is 0 Å². The van der Waals surface area contributed by atoms with Gasteiger partial charge in [0.05, 0.1) is 0 Å². The minimum absolute atomic E-state index is 0.149. The Kier molecular flexibility index (Phi) is 2.60. The number of dihydropyridines is 1. The summed E-state index contributed by atoms with van der Waals surface area (Å²) in [5, 5.41) is 8.29. The Bertz CT molecular complexity index is 228. The molecule has 58 valence electrons. The molecule has 0 aromatic rings. The van der Waals surface area contributed by atoms with Crippen molar-refractivity contribution in [2.45, 2.75) is 0 Å². The molecule has 0 aliphatic carbocycles. The van der Waals surface area contributed by atoms with Crippen molar-refractivity contribution in [1.82, 2.24) is 0 Å². The number of hydrogen-bond donors (Lipinski definition) is 1. The molecule has 1 N–H and O–H groups in total. The smallest absolute Gasteiger partial charge is 0.327 e. The third-order valence-corrected chi connectivity index (χ3v) is 1.35. The van der Waals surface area contributed by atoms with Gasteiger partial charge in [-0.25, -0.2) is 4.79 Å². The number of aliphatic imine (C=N–C) groups is 1. The van der Waals surface area contributed by atoms with E-state index in [4.69, 9.17) is 5.11 Å². The highest BCUT2D eigenvalue weighted by Gasteiger charge is 2.00. The summed E-state index contributed by atoms with van der Waals surface area (Å²) in [5.74, 6) is -0.760. The van der Waals surface area contributed by atoms with E-state index in [1.54, 1.807) is 12.3 Å². The summed E-state index contributed by atoms with van der Waals surface area (Å²) in [6, 6.07) is 0. The number of aliphatic carboxylic acids is 1. The maximum atomic E-state index is 10.1. The van der Waals surface area contributed by atoms with Gasteiger partial charge in [-0.05, 0) is 6.08 Å². The zero-order valence-corrected chi connectivity index (χ0v) is 5.97. The maximum Gasteiger partial charge on any atom is 0.327 e. The van der Waals surface area contributed by atoms with Crippen molar-refractivity contribution in [2.24, 2.45) is 10.9 Å². The molecular formula is C8H9NO2. The van der Waals surface area contributed by atoms with Crippen molar-refractivity contribution < 1.29 is 9.90 Å². The SMILES string of the molecule is O=C(O)/C=C/C1C=CC=NC1. The van der Waals surface area contributed by atoms with Crippen LogP contribution in [0.15, 0.2) is 29.3 Å². The molecule has 1 aliphatic rings. The summed E-state index contributed by atoms with van der Waals surface area (Å²) in [5.41, 5.74) is 0. The molecule has 1 atom stereocenters. The molecule has 0 saturated carbocycles.